The fourth-order valence-electron chi connectivity index (χ4n) is 4.19. The topological polar surface area (TPSA) is 110 Å². The van der Waals surface area contributed by atoms with Gasteiger partial charge in [0.25, 0.3) is 5.69 Å². The van der Waals surface area contributed by atoms with Crippen LogP contribution in [0.5, 0.6) is 0 Å². The molecule has 8 nitrogen and oxygen atoms in total. The van der Waals surface area contributed by atoms with Crippen LogP contribution < -0.4 is 5.32 Å². The summed E-state index contributed by atoms with van der Waals surface area (Å²) in [6, 6.07) is 17.4. The van der Waals surface area contributed by atoms with Crippen LogP contribution in [-0.4, -0.2) is 36.6 Å². The lowest BCUT2D eigenvalue weighted by molar-refractivity contribution is -0.385. The van der Waals surface area contributed by atoms with Crippen LogP contribution in [0.25, 0.3) is 0 Å². The summed E-state index contributed by atoms with van der Waals surface area (Å²) in [5.74, 6) is -0.576. The van der Waals surface area contributed by atoms with Crippen LogP contribution in [0.4, 0.5) is 11.4 Å². The first-order valence-corrected chi connectivity index (χ1v) is 12.6. The summed E-state index contributed by atoms with van der Waals surface area (Å²) in [5, 5.41) is 13.9. The van der Waals surface area contributed by atoms with E-state index in [0.29, 0.717) is 23.1 Å². The molecule has 1 N–H and O–H groups in total. The standard InChI is InChI=1S/C26H29N3O5S/c1-18-15-19(2)26(20(3)16-18)35(33,34)28(14-13-22-9-6-5-7-10-22)17-25(30)27-23-11-8-12-24(21(23)4)29(31)32/h5-12,15-16H,13-14,17H2,1-4H3,(H,27,30). The molecule has 3 aromatic carbocycles. The second-order valence-corrected chi connectivity index (χ2v) is 10.4. The molecule has 184 valence electrons. The lowest BCUT2D eigenvalue weighted by Crippen LogP contribution is -2.40. The van der Waals surface area contributed by atoms with E-state index in [9.17, 15) is 23.3 Å². The maximum Gasteiger partial charge on any atom is 0.274 e. The average Bonchev–Trinajstić information content (AvgIpc) is 2.77. The molecule has 0 bridgehead atoms. The van der Waals surface area contributed by atoms with E-state index in [4.69, 9.17) is 0 Å². The first-order chi connectivity index (χ1) is 16.5. The number of amides is 1. The van der Waals surface area contributed by atoms with Gasteiger partial charge in [0.2, 0.25) is 15.9 Å². The Morgan fingerprint density at radius 3 is 2.20 bits per heavy atom. The number of aryl methyl sites for hydroxylation is 3. The molecule has 0 atom stereocenters. The number of sulfonamides is 1. The Kier molecular flexibility index (Phi) is 8.03. The summed E-state index contributed by atoms with van der Waals surface area (Å²) >= 11 is 0. The molecule has 0 saturated carbocycles. The molecule has 3 rings (SSSR count). The highest BCUT2D eigenvalue weighted by atomic mass is 32.2. The van der Waals surface area contributed by atoms with Gasteiger partial charge < -0.3 is 5.32 Å². The number of anilines is 1. The van der Waals surface area contributed by atoms with Crippen LogP contribution >= 0.6 is 0 Å². The predicted octanol–water partition coefficient (Wildman–Crippen LogP) is 4.70. The zero-order valence-electron chi connectivity index (χ0n) is 20.2. The van der Waals surface area contributed by atoms with Crippen molar-refractivity contribution >= 4 is 27.3 Å². The average molecular weight is 496 g/mol. The van der Waals surface area contributed by atoms with Crippen LogP contribution in [-0.2, 0) is 21.2 Å². The summed E-state index contributed by atoms with van der Waals surface area (Å²) < 4.78 is 28.7. The monoisotopic (exact) mass is 495 g/mol. The summed E-state index contributed by atoms with van der Waals surface area (Å²) in [6.07, 6.45) is 0.424. The zero-order valence-corrected chi connectivity index (χ0v) is 21.1. The number of nitro benzene ring substituents is 1. The van der Waals surface area contributed by atoms with Gasteiger partial charge in [0.05, 0.1) is 27.6 Å². The number of hydrogen-bond acceptors (Lipinski definition) is 5. The van der Waals surface area contributed by atoms with E-state index in [1.807, 2.05) is 49.4 Å². The Hall–Kier alpha value is -3.56. The molecule has 9 heteroatoms. The van der Waals surface area contributed by atoms with Gasteiger partial charge in [0.15, 0.2) is 0 Å². The molecule has 0 saturated heterocycles. The van der Waals surface area contributed by atoms with Crippen LogP contribution in [0.3, 0.4) is 0 Å². The maximum atomic E-state index is 13.8. The number of benzene rings is 3. The molecule has 1 amide bonds. The van der Waals surface area contributed by atoms with Gasteiger partial charge >= 0.3 is 0 Å². The highest BCUT2D eigenvalue weighted by Crippen LogP contribution is 2.27. The summed E-state index contributed by atoms with van der Waals surface area (Å²) in [5.41, 5.74) is 3.57. The first-order valence-electron chi connectivity index (χ1n) is 11.2. The largest absolute Gasteiger partial charge is 0.324 e. The Morgan fingerprint density at radius 1 is 0.971 bits per heavy atom. The van der Waals surface area contributed by atoms with E-state index < -0.39 is 27.4 Å². The van der Waals surface area contributed by atoms with Gasteiger partial charge in [-0.1, -0.05) is 54.1 Å². The lowest BCUT2D eigenvalue weighted by atomic mass is 10.1. The fourth-order valence-corrected chi connectivity index (χ4v) is 6.00. The van der Waals surface area contributed by atoms with Crippen molar-refractivity contribution < 1.29 is 18.1 Å². The molecule has 0 aliphatic rings. The highest BCUT2D eigenvalue weighted by molar-refractivity contribution is 7.89. The van der Waals surface area contributed by atoms with Gasteiger partial charge in [-0.05, 0) is 56.9 Å². The molecule has 0 radical (unpaired) electrons. The van der Waals surface area contributed by atoms with Crippen molar-refractivity contribution in [2.45, 2.75) is 39.0 Å². The molecule has 0 aliphatic carbocycles. The first kappa shape index (κ1) is 26.1. The fraction of sp³-hybridized carbons (Fsp3) is 0.269. The molecule has 0 fully saturated rings. The van der Waals surface area contributed by atoms with Gasteiger partial charge in [-0.25, -0.2) is 8.42 Å². The zero-order chi connectivity index (χ0) is 25.8. The van der Waals surface area contributed by atoms with E-state index in [-0.39, 0.29) is 22.8 Å². The number of carbonyl (C=O) groups excluding carboxylic acids is 1. The van der Waals surface area contributed by atoms with Gasteiger partial charge in [0, 0.05) is 12.6 Å². The second-order valence-electron chi connectivity index (χ2n) is 8.56. The molecule has 0 aliphatic heterocycles. The minimum absolute atomic E-state index is 0.0977. The Labute approximate surface area is 205 Å². The van der Waals surface area contributed by atoms with Crippen molar-refractivity contribution in [1.29, 1.82) is 0 Å². The summed E-state index contributed by atoms with van der Waals surface area (Å²) in [4.78, 5) is 23.9. The molecular formula is C26H29N3O5S. The van der Waals surface area contributed by atoms with Crippen molar-refractivity contribution in [3.8, 4) is 0 Å². The van der Waals surface area contributed by atoms with Crippen molar-refractivity contribution in [3.63, 3.8) is 0 Å². The van der Waals surface area contributed by atoms with E-state index >= 15 is 0 Å². The van der Waals surface area contributed by atoms with E-state index in [1.54, 1.807) is 19.9 Å². The quantitative estimate of drug-likeness (QED) is 0.342. The Bertz CT molecular complexity index is 1330. The van der Waals surface area contributed by atoms with Crippen molar-refractivity contribution in [2.24, 2.45) is 0 Å². The molecule has 3 aromatic rings. The third-order valence-electron chi connectivity index (χ3n) is 5.79. The molecule has 0 heterocycles. The number of carbonyl (C=O) groups is 1. The minimum Gasteiger partial charge on any atom is -0.324 e. The van der Waals surface area contributed by atoms with Gasteiger partial charge in [0.1, 0.15) is 0 Å². The van der Waals surface area contributed by atoms with Gasteiger partial charge in [-0.15, -0.1) is 0 Å². The number of hydrogen-bond donors (Lipinski definition) is 1. The normalized spacial score (nSPS) is 11.5. The number of nitro groups is 1. The SMILES string of the molecule is Cc1cc(C)c(S(=O)(=O)N(CCc2ccccc2)CC(=O)Nc2cccc([N+](=O)[O-])c2C)c(C)c1. The van der Waals surface area contributed by atoms with Gasteiger partial charge in [-0.2, -0.15) is 4.31 Å². The minimum atomic E-state index is -4.00. The molecular weight excluding hydrogens is 466 g/mol. The number of nitrogens with zero attached hydrogens (tertiary/aromatic N) is 2. The van der Waals surface area contributed by atoms with E-state index in [1.165, 1.54) is 23.4 Å². The molecule has 0 aromatic heterocycles. The molecule has 35 heavy (non-hydrogen) atoms. The van der Waals surface area contributed by atoms with Crippen LogP contribution in [0.1, 0.15) is 27.8 Å². The van der Waals surface area contributed by atoms with Crippen molar-refractivity contribution in [2.75, 3.05) is 18.4 Å². The second kappa shape index (κ2) is 10.8. The third kappa shape index (κ3) is 6.12. The van der Waals surface area contributed by atoms with E-state index in [2.05, 4.69) is 5.32 Å². The molecule has 0 unspecified atom stereocenters. The smallest absolute Gasteiger partial charge is 0.274 e. The van der Waals surface area contributed by atoms with Crippen molar-refractivity contribution in [1.82, 2.24) is 4.31 Å². The van der Waals surface area contributed by atoms with Crippen LogP contribution in [0, 0.1) is 37.8 Å². The summed E-state index contributed by atoms with van der Waals surface area (Å²) in [7, 11) is -4.00. The highest BCUT2D eigenvalue weighted by Gasteiger charge is 2.30. The third-order valence-corrected chi connectivity index (χ3v) is 7.94. The summed E-state index contributed by atoms with van der Waals surface area (Å²) in [6.45, 7) is 6.60. The number of rotatable bonds is 9. The van der Waals surface area contributed by atoms with Crippen LogP contribution in [0.15, 0.2) is 65.6 Å². The van der Waals surface area contributed by atoms with Crippen LogP contribution in [0.2, 0.25) is 0 Å². The molecule has 0 spiro atoms. The Balaban J connectivity index is 1.92. The number of nitrogens with one attached hydrogen (secondary N) is 1. The predicted molar refractivity (Wildman–Crippen MR) is 136 cm³/mol. The maximum absolute atomic E-state index is 13.8. The van der Waals surface area contributed by atoms with E-state index in [0.717, 1.165) is 11.1 Å². The lowest BCUT2D eigenvalue weighted by Gasteiger charge is -2.24. The van der Waals surface area contributed by atoms with Crippen molar-refractivity contribution in [3.05, 3.63) is 98.6 Å². The Morgan fingerprint density at radius 2 is 1.60 bits per heavy atom. The van der Waals surface area contributed by atoms with Gasteiger partial charge in [-0.3, -0.25) is 14.9 Å².